The second-order valence-corrected chi connectivity index (χ2v) is 10.5. The van der Waals surface area contributed by atoms with Crippen LogP contribution in [0.3, 0.4) is 0 Å². The summed E-state index contributed by atoms with van der Waals surface area (Å²) in [6, 6.07) is 20.7. The minimum absolute atomic E-state index is 0.0139. The summed E-state index contributed by atoms with van der Waals surface area (Å²) in [7, 11) is 0. The molecule has 184 valence electrons. The number of hydrogen-bond donors (Lipinski definition) is 4. The first-order valence-corrected chi connectivity index (χ1v) is 12.6. The van der Waals surface area contributed by atoms with Gasteiger partial charge in [0.25, 0.3) is 0 Å². The van der Waals surface area contributed by atoms with Gasteiger partial charge in [-0.15, -0.1) is 0 Å². The number of β-amino-alcohol motifs (C(OH)–C–C–N with tert-alkyl or cyclic N) is 1. The SMILES string of the molecule is CC1(C)/C(=C/C2C(O)C(/C=C3/C=Cc4ccccc4N3CCO)C2O)Nc2ccc3ccccc3c21. The number of fused-ring (bicyclic) bond motifs is 4. The smallest absolute Gasteiger partial charge is 0.0717 e. The lowest BCUT2D eigenvalue weighted by atomic mass is 9.67. The Bertz CT molecular complexity index is 1410. The van der Waals surface area contributed by atoms with Gasteiger partial charge in [-0.25, -0.2) is 0 Å². The third kappa shape index (κ3) is 3.50. The Hall–Kier alpha value is -3.38. The van der Waals surface area contributed by atoms with E-state index in [0.29, 0.717) is 6.54 Å². The summed E-state index contributed by atoms with van der Waals surface area (Å²) in [6.07, 6.45) is 6.61. The first kappa shape index (κ1) is 23.0. The number of nitrogens with zero attached hydrogens (tertiary/aromatic N) is 1. The first-order valence-electron chi connectivity index (χ1n) is 12.6. The molecule has 0 saturated heterocycles. The molecule has 1 saturated carbocycles. The normalized spacial score (nSPS) is 28.2. The van der Waals surface area contributed by atoms with E-state index in [9.17, 15) is 15.3 Å². The molecule has 1 aliphatic carbocycles. The van der Waals surface area contributed by atoms with Crippen LogP contribution in [-0.4, -0.2) is 40.7 Å². The van der Waals surface area contributed by atoms with Crippen LogP contribution < -0.4 is 10.2 Å². The van der Waals surface area contributed by atoms with Gasteiger partial charge in [-0.05, 0) is 40.1 Å². The number of aliphatic hydroxyl groups is 3. The monoisotopic (exact) mass is 480 g/mol. The Morgan fingerprint density at radius 1 is 0.889 bits per heavy atom. The van der Waals surface area contributed by atoms with Crippen molar-refractivity contribution in [1.29, 1.82) is 0 Å². The third-order valence-electron chi connectivity index (χ3n) is 8.09. The molecule has 4 N–H and O–H groups in total. The predicted molar refractivity (Wildman–Crippen MR) is 146 cm³/mol. The average molecular weight is 481 g/mol. The maximum absolute atomic E-state index is 11.1. The van der Waals surface area contributed by atoms with Crippen molar-refractivity contribution in [3.63, 3.8) is 0 Å². The highest BCUT2D eigenvalue weighted by atomic mass is 16.3. The van der Waals surface area contributed by atoms with E-state index < -0.39 is 12.2 Å². The topological polar surface area (TPSA) is 76.0 Å². The fraction of sp³-hybridized carbons (Fsp3) is 0.290. The molecule has 0 aromatic heterocycles. The van der Waals surface area contributed by atoms with Gasteiger partial charge in [0.1, 0.15) is 0 Å². The summed E-state index contributed by atoms with van der Waals surface area (Å²) in [6.45, 7) is 4.85. The molecular formula is C31H32N2O3. The van der Waals surface area contributed by atoms with Crippen molar-refractivity contribution in [3.8, 4) is 0 Å². The van der Waals surface area contributed by atoms with Gasteiger partial charge in [0, 0.05) is 46.6 Å². The average Bonchev–Trinajstić information content (AvgIpc) is 3.16. The highest BCUT2D eigenvalue weighted by Gasteiger charge is 2.48. The van der Waals surface area contributed by atoms with Crippen LogP contribution >= 0.6 is 0 Å². The molecule has 1 fully saturated rings. The van der Waals surface area contributed by atoms with E-state index in [2.05, 4.69) is 55.6 Å². The van der Waals surface area contributed by atoms with Gasteiger partial charge in [0.2, 0.25) is 0 Å². The number of allylic oxidation sites excluding steroid dienone is 2. The Morgan fingerprint density at radius 3 is 2.42 bits per heavy atom. The summed E-state index contributed by atoms with van der Waals surface area (Å²) in [5.74, 6) is -0.744. The minimum atomic E-state index is -0.695. The molecule has 0 spiro atoms. The van der Waals surface area contributed by atoms with Gasteiger partial charge in [-0.2, -0.15) is 0 Å². The van der Waals surface area contributed by atoms with Crippen molar-refractivity contribution >= 4 is 28.2 Å². The maximum Gasteiger partial charge on any atom is 0.0717 e. The van der Waals surface area contributed by atoms with E-state index >= 15 is 0 Å². The van der Waals surface area contributed by atoms with Crippen molar-refractivity contribution in [3.05, 3.63) is 101 Å². The zero-order valence-electron chi connectivity index (χ0n) is 20.6. The van der Waals surface area contributed by atoms with E-state index in [1.807, 2.05) is 53.5 Å². The molecular weight excluding hydrogens is 448 g/mol. The van der Waals surface area contributed by atoms with Crippen LogP contribution in [0.1, 0.15) is 25.0 Å². The lowest BCUT2D eigenvalue weighted by Crippen LogP contribution is -2.54. The molecule has 5 nitrogen and oxygen atoms in total. The maximum atomic E-state index is 11.1. The van der Waals surface area contributed by atoms with Crippen LogP contribution in [0.15, 0.2) is 90.3 Å². The zero-order valence-corrected chi connectivity index (χ0v) is 20.6. The number of rotatable bonds is 4. The Balaban J connectivity index is 1.27. The van der Waals surface area contributed by atoms with E-state index in [4.69, 9.17) is 0 Å². The van der Waals surface area contributed by atoms with Crippen LogP contribution in [0.25, 0.3) is 16.8 Å². The van der Waals surface area contributed by atoms with Crippen LogP contribution in [0, 0.1) is 11.8 Å². The van der Waals surface area contributed by atoms with Crippen molar-refractivity contribution in [2.24, 2.45) is 11.8 Å². The van der Waals surface area contributed by atoms with Crippen LogP contribution in [0.2, 0.25) is 0 Å². The number of hydrogen-bond acceptors (Lipinski definition) is 5. The van der Waals surface area contributed by atoms with Crippen molar-refractivity contribution < 1.29 is 15.3 Å². The number of anilines is 2. The molecule has 2 unspecified atom stereocenters. The largest absolute Gasteiger partial charge is 0.395 e. The summed E-state index contributed by atoms with van der Waals surface area (Å²) >= 11 is 0. The van der Waals surface area contributed by atoms with Gasteiger partial charge < -0.3 is 25.5 Å². The first-order chi connectivity index (χ1) is 17.4. The molecule has 3 aromatic rings. The fourth-order valence-corrected chi connectivity index (χ4v) is 6.06. The molecule has 2 atom stereocenters. The number of para-hydroxylation sites is 1. The van der Waals surface area contributed by atoms with E-state index in [1.165, 1.54) is 16.3 Å². The van der Waals surface area contributed by atoms with Crippen LogP contribution in [0.4, 0.5) is 11.4 Å². The Kier molecular flexibility index (Phi) is 5.52. The molecule has 2 heterocycles. The second-order valence-electron chi connectivity index (χ2n) is 10.5. The number of aliphatic hydroxyl groups excluding tert-OH is 3. The highest BCUT2D eigenvalue weighted by Crippen LogP contribution is 2.49. The van der Waals surface area contributed by atoms with Gasteiger partial charge in [0.15, 0.2) is 0 Å². The van der Waals surface area contributed by atoms with Crippen molar-refractivity contribution in [2.45, 2.75) is 31.5 Å². The zero-order chi connectivity index (χ0) is 25.0. The molecule has 0 bridgehead atoms. The van der Waals surface area contributed by atoms with Crippen LogP contribution in [-0.2, 0) is 5.41 Å². The Morgan fingerprint density at radius 2 is 1.61 bits per heavy atom. The molecule has 3 aromatic carbocycles. The number of nitrogens with one attached hydrogen (secondary N) is 1. The minimum Gasteiger partial charge on any atom is -0.395 e. The van der Waals surface area contributed by atoms with Gasteiger partial charge in [-0.1, -0.05) is 80.6 Å². The predicted octanol–water partition coefficient (Wildman–Crippen LogP) is 4.80. The van der Waals surface area contributed by atoms with Gasteiger partial charge >= 0.3 is 0 Å². The summed E-state index contributed by atoms with van der Waals surface area (Å²) < 4.78 is 0. The van der Waals surface area contributed by atoms with E-state index in [-0.39, 0.29) is 23.9 Å². The quantitative estimate of drug-likeness (QED) is 0.432. The molecule has 6 rings (SSSR count). The third-order valence-corrected chi connectivity index (χ3v) is 8.09. The molecule has 5 heteroatoms. The van der Waals surface area contributed by atoms with Crippen molar-refractivity contribution in [1.82, 2.24) is 0 Å². The highest BCUT2D eigenvalue weighted by molar-refractivity contribution is 5.94. The van der Waals surface area contributed by atoms with Crippen molar-refractivity contribution in [2.75, 3.05) is 23.4 Å². The lowest BCUT2D eigenvalue weighted by Gasteiger charge is -2.45. The summed E-state index contributed by atoms with van der Waals surface area (Å²) in [5, 5.41) is 37.9. The standard InChI is InChI=1S/C31H32N2O3/c1-31(2)27(32-25-14-12-19-7-3-5-9-22(19)28(25)31)18-24-29(35)23(30(24)36)17-21-13-11-20-8-4-6-10-26(20)33(21)15-16-34/h3-14,17-18,23-24,29-30,32,34-36H,15-16H2,1-2H3/b21-17-,27-18-. The summed E-state index contributed by atoms with van der Waals surface area (Å²) in [4.78, 5) is 2.05. The number of benzene rings is 3. The van der Waals surface area contributed by atoms with Crippen LogP contribution in [0.5, 0.6) is 0 Å². The lowest BCUT2D eigenvalue weighted by molar-refractivity contribution is -0.110. The Labute approximate surface area is 211 Å². The van der Waals surface area contributed by atoms with Gasteiger partial charge in [0.05, 0.1) is 18.8 Å². The molecule has 36 heavy (non-hydrogen) atoms. The summed E-state index contributed by atoms with van der Waals surface area (Å²) in [5.41, 5.74) is 6.06. The van der Waals surface area contributed by atoms with E-state index in [0.717, 1.165) is 28.3 Å². The second kappa shape index (κ2) is 8.63. The fourth-order valence-electron chi connectivity index (χ4n) is 6.06. The van der Waals surface area contributed by atoms with Gasteiger partial charge in [-0.3, -0.25) is 0 Å². The molecule has 3 aliphatic rings. The molecule has 0 amide bonds. The van der Waals surface area contributed by atoms with E-state index in [1.54, 1.807) is 0 Å². The molecule has 0 radical (unpaired) electrons. The molecule has 2 aliphatic heterocycles.